The highest BCUT2D eigenvalue weighted by atomic mass is 35.5. The number of thiazole rings is 1. The van der Waals surface area contributed by atoms with E-state index in [-0.39, 0.29) is 11.1 Å². The van der Waals surface area contributed by atoms with E-state index in [4.69, 9.17) is 11.6 Å². The first-order valence-electron chi connectivity index (χ1n) is 8.21. The summed E-state index contributed by atoms with van der Waals surface area (Å²) < 4.78 is 2.44. The fourth-order valence-corrected chi connectivity index (χ4v) is 3.79. The summed E-state index contributed by atoms with van der Waals surface area (Å²) in [4.78, 5) is 29.7. The van der Waals surface area contributed by atoms with Crippen molar-refractivity contribution in [3.63, 3.8) is 0 Å². The molecule has 0 unspecified atom stereocenters. The highest BCUT2D eigenvalue weighted by Gasteiger charge is 2.15. The predicted molar refractivity (Wildman–Crippen MR) is 109 cm³/mol. The van der Waals surface area contributed by atoms with Crippen LogP contribution in [0.1, 0.15) is 15.9 Å². The summed E-state index contributed by atoms with van der Waals surface area (Å²) in [7, 11) is 0. The fraction of sp³-hybridized carbons (Fsp3) is 0.0500. The van der Waals surface area contributed by atoms with E-state index in [1.807, 2.05) is 42.5 Å². The number of pyridine rings is 1. The second-order valence-electron chi connectivity index (χ2n) is 5.89. The van der Waals surface area contributed by atoms with Crippen molar-refractivity contribution in [2.75, 3.05) is 5.32 Å². The Bertz CT molecular complexity index is 1170. The molecule has 0 aliphatic heterocycles. The molecule has 0 fully saturated rings. The Kier molecular flexibility index (Phi) is 4.75. The maximum absolute atomic E-state index is 12.7. The third kappa shape index (κ3) is 3.63. The number of halogens is 1. The number of carbonyl (C=O) groups is 1. The minimum absolute atomic E-state index is 0.0591. The van der Waals surface area contributed by atoms with E-state index < -0.39 is 5.91 Å². The van der Waals surface area contributed by atoms with Gasteiger partial charge in [-0.1, -0.05) is 53.3 Å². The van der Waals surface area contributed by atoms with Gasteiger partial charge in [0, 0.05) is 11.2 Å². The van der Waals surface area contributed by atoms with Crippen molar-refractivity contribution in [1.29, 1.82) is 0 Å². The highest BCUT2D eigenvalue weighted by molar-refractivity contribution is 7.22. The second kappa shape index (κ2) is 7.34. The van der Waals surface area contributed by atoms with E-state index in [9.17, 15) is 9.59 Å². The SMILES string of the molecule is O=C(Nc1nc2ccccc2s1)c1cccn(Cc2ccccc2Cl)c1=O. The summed E-state index contributed by atoms with van der Waals surface area (Å²) in [6, 6.07) is 18.1. The third-order valence-corrected chi connectivity index (χ3v) is 5.40. The number of rotatable bonds is 4. The van der Waals surface area contributed by atoms with Crippen LogP contribution in [0.15, 0.2) is 71.7 Å². The molecule has 4 rings (SSSR count). The van der Waals surface area contributed by atoms with Crippen LogP contribution in [0.2, 0.25) is 5.02 Å². The molecule has 0 spiro atoms. The van der Waals surface area contributed by atoms with Crippen molar-refractivity contribution in [3.8, 4) is 0 Å². The van der Waals surface area contributed by atoms with Crippen LogP contribution in [0.5, 0.6) is 0 Å². The smallest absolute Gasteiger partial charge is 0.263 e. The van der Waals surface area contributed by atoms with E-state index in [1.54, 1.807) is 18.3 Å². The van der Waals surface area contributed by atoms with Gasteiger partial charge in [-0.25, -0.2) is 4.98 Å². The monoisotopic (exact) mass is 395 g/mol. The van der Waals surface area contributed by atoms with Crippen LogP contribution in [0.4, 0.5) is 5.13 Å². The molecular formula is C20H14ClN3O2S. The molecule has 2 aromatic heterocycles. The Hall–Kier alpha value is -2.96. The summed E-state index contributed by atoms with van der Waals surface area (Å²) in [5.41, 5.74) is 1.30. The van der Waals surface area contributed by atoms with Crippen molar-refractivity contribution < 1.29 is 4.79 Å². The van der Waals surface area contributed by atoms with Gasteiger partial charge in [0.05, 0.1) is 16.8 Å². The number of carbonyl (C=O) groups excluding carboxylic acids is 1. The number of nitrogens with zero attached hydrogens (tertiary/aromatic N) is 2. The zero-order valence-electron chi connectivity index (χ0n) is 14.1. The molecule has 1 N–H and O–H groups in total. The summed E-state index contributed by atoms with van der Waals surface area (Å²) in [6.07, 6.45) is 1.64. The fourth-order valence-electron chi connectivity index (χ4n) is 2.73. The Morgan fingerprint density at radius 3 is 2.67 bits per heavy atom. The van der Waals surface area contributed by atoms with Gasteiger partial charge in [-0.2, -0.15) is 0 Å². The van der Waals surface area contributed by atoms with Gasteiger partial charge in [0.2, 0.25) is 0 Å². The molecule has 0 aliphatic carbocycles. The molecule has 0 atom stereocenters. The molecule has 134 valence electrons. The first-order chi connectivity index (χ1) is 13.1. The topological polar surface area (TPSA) is 64.0 Å². The lowest BCUT2D eigenvalue weighted by Gasteiger charge is -2.09. The van der Waals surface area contributed by atoms with Crippen molar-refractivity contribution in [2.24, 2.45) is 0 Å². The van der Waals surface area contributed by atoms with Crippen molar-refractivity contribution in [3.05, 3.63) is 93.4 Å². The summed E-state index contributed by atoms with van der Waals surface area (Å²) in [5, 5.41) is 3.76. The quantitative estimate of drug-likeness (QED) is 0.556. The number of benzene rings is 2. The zero-order chi connectivity index (χ0) is 18.8. The van der Waals surface area contributed by atoms with E-state index in [0.717, 1.165) is 15.8 Å². The van der Waals surface area contributed by atoms with Crippen LogP contribution < -0.4 is 10.9 Å². The van der Waals surface area contributed by atoms with Gasteiger partial charge in [-0.3, -0.25) is 14.9 Å². The van der Waals surface area contributed by atoms with Gasteiger partial charge in [0.15, 0.2) is 5.13 Å². The Labute approximate surface area is 163 Å². The average molecular weight is 396 g/mol. The van der Waals surface area contributed by atoms with Crippen LogP contribution in [0, 0.1) is 0 Å². The highest BCUT2D eigenvalue weighted by Crippen LogP contribution is 2.25. The molecule has 0 bridgehead atoms. The van der Waals surface area contributed by atoms with Crippen LogP contribution in [-0.4, -0.2) is 15.5 Å². The summed E-state index contributed by atoms with van der Waals surface area (Å²) >= 11 is 7.54. The minimum Gasteiger partial charge on any atom is -0.310 e. The second-order valence-corrected chi connectivity index (χ2v) is 7.33. The Morgan fingerprint density at radius 1 is 1.07 bits per heavy atom. The number of aromatic nitrogens is 2. The van der Waals surface area contributed by atoms with Crippen LogP contribution >= 0.6 is 22.9 Å². The lowest BCUT2D eigenvalue weighted by Crippen LogP contribution is -2.29. The lowest BCUT2D eigenvalue weighted by molar-refractivity contribution is 0.102. The van der Waals surface area contributed by atoms with E-state index >= 15 is 0 Å². The first-order valence-corrected chi connectivity index (χ1v) is 9.41. The van der Waals surface area contributed by atoms with Crippen molar-refractivity contribution >= 4 is 44.2 Å². The predicted octanol–water partition coefficient (Wildman–Crippen LogP) is 4.41. The number of anilines is 1. The number of fused-ring (bicyclic) bond motifs is 1. The summed E-state index contributed by atoms with van der Waals surface area (Å²) in [5.74, 6) is -0.479. The molecule has 7 heteroatoms. The van der Waals surface area contributed by atoms with Crippen molar-refractivity contribution in [2.45, 2.75) is 6.54 Å². The molecule has 2 aromatic carbocycles. The van der Waals surface area contributed by atoms with Crippen LogP contribution in [0.3, 0.4) is 0 Å². The number of hydrogen-bond acceptors (Lipinski definition) is 4. The normalized spacial score (nSPS) is 10.9. The number of para-hydroxylation sites is 1. The summed E-state index contributed by atoms with van der Waals surface area (Å²) in [6.45, 7) is 0.292. The third-order valence-electron chi connectivity index (χ3n) is 4.08. The molecule has 1 amide bonds. The Morgan fingerprint density at radius 2 is 1.85 bits per heavy atom. The van der Waals surface area contributed by atoms with Gasteiger partial charge in [0.1, 0.15) is 5.56 Å². The van der Waals surface area contributed by atoms with Gasteiger partial charge in [-0.05, 0) is 35.9 Å². The molecule has 0 radical (unpaired) electrons. The number of nitrogens with one attached hydrogen (secondary N) is 1. The molecule has 0 saturated heterocycles. The van der Waals surface area contributed by atoms with Crippen molar-refractivity contribution in [1.82, 2.24) is 9.55 Å². The lowest BCUT2D eigenvalue weighted by atomic mass is 10.2. The van der Waals surface area contributed by atoms with Gasteiger partial charge >= 0.3 is 0 Å². The molecule has 4 aromatic rings. The standard InChI is InChI=1S/C20H14ClN3O2S/c21-15-8-2-1-6-13(15)12-24-11-5-7-14(19(24)26)18(25)23-20-22-16-9-3-4-10-17(16)27-20/h1-11H,12H2,(H,22,23,25). The maximum atomic E-state index is 12.7. The van der Waals surface area contributed by atoms with E-state index in [2.05, 4.69) is 10.3 Å². The number of hydrogen-bond donors (Lipinski definition) is 1. The van der Waals surface area contributed by atoms with Gasteiger partial charge in [-0.15, -0.1) is 0 Å². The molecule has 0 saturated carbocycles. The molecule has 5 nitrogen and oxygen atoms in total. The van der Waals surface area contributed by atoms with Gasteiger partial charge < -0.3 is 4.57 Å². The largest absolute Gasteiger partial charge is 0.310 e. The molecule has 2 heterocycles. The van der Waals surface area contributed by atoms with E-state index in [0.29, 0.717) is 16.7 Å². The van der Waals surface area contributed by atoms with Crippen LogP contribution in [-0.2, 0) is 6.54 Å². The maximum Gasteiger partial charge on any atom is 0.263 e. The van der Waals surface area contributed by atoms with Crippen LogP contribution in [0.25, 0.3) is 10.2 Å². The average Bonchev–Trinajstić information content (AvgIpc) is 3.07. The number of amides is 1. The molecule has 27 heavy (non-hydrogen) atoms. The zero-order valence-corrected chi connectivity index (χ0v) is 15.6. The van der Waals surface area contributed by atoms with E-state index in [1.165, 1.54) is 22.0 Å². The molecular weight excluding hydrogens is 382 g/mol. The first kappa shape index (κ1) is 17.5. The molecule has 0 aliphatic rings. The van der Waals surface area contributed by atoms with Gasteiger partial charge in [0.25, 0.3) is 11.5 Å². The Balaban J connectivity index is 1.61. The minimum atomic E-state index is -0.479.